The van der Waals surface area contributed by atoms with Gasteiger partial charge in [0.2, 0.25) is 5.91 Å². The number of amides is 1. The van der Waals surface area contributed by atoms with Crippen molar-refractivity contribution in [3.8, 4) is 6.07 Å². The van der Waals surface area contributed by atoms with Crippen molar-refractivity contribution in [3.63, 3.8) is 0 Å². The normalized spacial score (nSPS) is 17.6. The fraction of sp³-hybridized carbons (Fsp3) is 0.800. The molecule has 6 heteroatoms. The molecule has 1 aliphatic carbocycles. The lowest BCUT2D eigenvalue weighted by atomic mass is 10.3. The van der Waals surface area contributed by atoms with Gasteiger partial charge in [-0.2, -0.15) is 5.26 Å². The maximum Gasteiger partial charge on any atom is 0.240 e. The minimum absolute atomic E-state index is 0.144. The van der Waals surface area contributed by atoms with Crippen LogP contribution in [0.15, 0.2) is 0 Å². The summed E-state index contributed by atoms with van der Waals surface area (Å²) in [6.45, 7) is 1.74. The minimum Gasteiger partial charge on any atom is -0.338 e. The molecular formula is C10H16N2O3S. The van der Waals surface area contributed by atoms with E-state index in [-0.39, 0.29) is 18.4 Å². The Kier molecular flexibility index (Phi) is 3.92. The Morgan fingerprint density at radius 3 is 2.50 bits per heavy atom. The molecule has 1 saturated carbocycles. The molecule has 0 aromatic carbocycles. The zero-order chi connectivity index (χ0) is 12.3. The third-order valence-electron chi connectivity index (χ3n) is 2.73. The number of hydrogen-bond donors (Lipinski definition) is 0. The Morgan fingerprint density at radius 1 is 1.56 bits per heavy atom. The van der Waals surface area contributed by atoms with Gasteiger partial charge in [0.05, 0.1) is 12.5 Å². The Labute approximate surface area is 96.0 Å². The molecule has 1 amide bonds. The first-order valence-corrected chi connectivity index (χ1v) is 7.19. The molecule has 1 fully saturated rings. The Balaban J connectivity index is 2.71. The lowest BCUT2D eigenvalue weighted by molar-refractivity contribution is -0.130. The average Bonchev–Trinajstić information content (AvgIpc) is 2.99. The van der Waals surface area contributed by atoms with Crippen LogP contribution in [0.2, 0.25) is 0 Å². The average molecular weight is 244 g/mol. The zero-order valence-corrected chi connectivity index (χ0v) is 10.3. The van der Waals surface area contributed by atoms with E-state index < -0.39 is 15.1 Å². The van der Waals surface area contributed by atoms with E-state index in [2.05, 4.69) is 0 Å². The smallest absolute Gasteiger partial charge is 0.240 e. The summed E-state index contributed by atoms with van der Waals surface area (Å²) < 4.78 is 22.6. The van der Waals surface area contributed by atoms with Crippen molar-refractivity contribution in [2.45, 2.75) is 37.5 Å². The topological polar surface area (TPSA) is 78.2 Å². The van der Waals surface area contributed by atoms with Crippen molar-refractivity contribution in [2.24, 2.45) is 0 Å². The van der Waals surface area contributed by atoms with Crippen molar-refractivity contribution in [1.29, 1.82) is 5.26 Å². The van der Waals surface area contributed by atoms with Crippen LogP contribution in [-0.4, -0.2) is 43.3 Å². The second-order valence-electron chi connectivity index (χ2n) is 4.14. The van der Waals surface area contributed by atoms with Crippen LogP contribution in [0.1, 0.15) is 26.2 Å². The number of rotatable bonds is 5. The highest BCUT2D eigenvalue weighted by molar-refractivity contribution is 7.92. The summed E-state index contributed by atoms with van der Waals surface area (Å²) >= 11 is 0. The number of hydrogen-bond acceptors (Lipinski definition) is 4. The summed E-state index contributed by atoms with van der Waals surface area (Å²) in [6, 6.07) is 2.11. The zero-order valence-electron chi connectivity index (χ0n) is 9.51. The molecule has 0 aromatic rings. The molecule has 1 unspecified atom stereocenters. The van der Waals surface area contributed by atoms with Gasteiger partial charge in [-0.1, -0.05) is 0 Å². The molecule has 90 valence electrons. The van der Waals surface area contributed by atoms with Crippen molar-refractivity contribution in [3.05, 3.63) is 0 Å². The van der Waals surface area contributed by atoms with Crippen LogP contribution in [0.5, 0.6) is 0 Å². The fourth-order valence-electron chi connectivity index (χ4n) is 1.45. The van der Waals surface area contributed by atoms with Gasteiger partial charge in [0, 0.05) is 18.8 Å². The van der Waals surface area contributed by atoms with E-state index in [0.717, 1.165) is 19.1 Å². The summed E-state index contributed by atoms with van der Waals surface area (Å²) in [6.07, 6.45) is 3.13. The third kappa shape index (κ3) is 3.20. The monoisotopic (exact) mass is 244 g/mol. The van der Waals surface area contributed by atoms with Crippen molar-refractivity contribution in [1.82, 2.24) is 4.90 Å². The second-order valence-corrected chi connectivity index (χ2v) is 6.51. The summed E-state index contributed by atoms with van der Waals surface area (Å²) in [7, 11) is -3.35. The predicted molar refractivity (Wildman–Crippen MR) is 59.3 cm³/mol. The second kappa shape index (κ2) is 4.83. The first-order valence-electron chi connectivity index (χ1n) is 5.24. The minimum atomic E-state index is -3.35. The van der Waals surface area contributed by atoms with Crippen LogP contribution >= 0.6 is 0 Å². The van der Waals surface area contributed by atoms with Gasteiger partial charge in [-0.05, 0) is 19.8 Å². The molecule has 5 nitrogen and oxygen atoms in total. The first-order chi connectivity index (χ1) is 7.38. The van der Waals surface area contributed by atoms with Crippen LogP contribution in [-0.2, 0) is 14.6 Å². The van der Waals surface area contributed by atoms with E-state index in [0.29, 0.717) is 6.54 Å². The van der Waals surface area contributed by atoms with Crippen LogP contribution in [0.4, 0.5) is 0 Å². The van der Waals surface area contributed by atoms with E-state index in [1.165, 1.54) is 11.8 Å². The molecule has 0 heterocycles. The maximum absolute atomic E-state index is 11.9. The molecule has 0 spiro atoms. The lowest BCUT2D eigenvalue weighted by Crippen LogP contribution is -2.43. The molecule has 1 aliphatic rings. The first kappa shape index (κ1) is 13.0. The quantitative estimate of drug-likeness (QED) is 0.698. The molecule has 0 bridgehead atoms. The van der Waals surface area contributed by atoms with Crippen LogP contribution in [0, 0.1) is 11.3 Å². The van der Waals surface area contributed by atoms with E-state index in [9.17, 15) is 13.2 Å². The van der Waals surface area contributed by atoms with Crippen molar-refractivity contribution < 1.29 is 13.2 Å². The van der Waals surface area contributed by atoms with E-state index in [4.69, 9.17) is 5.26 Å². The van der Waals surface area contributed by atoms with Gasteiger partial charge < -0.3 is 4.90 Å². The summed E-state index contributed by atoms with van der Waals surface area (Å²) in [5.41, 5.74) is 0. The van der Waals surface area contributed by atoms with Gasteiger partial charge in [-0.15, -0.1) is 0 Å². The predicted octanol–water partition coefficient (Wildman–Crippen LogP) is 0.324. The molecule has 0 saturated heterocycles. The largest absolute Gasteiger partial charge is 0.338 e. The molecule has 0 aliphatic heterocycles. The molecule has 0 radical (unpaired) electrons. The molecule has 1 atom stereocenters. The van der Waals surface area contributed by atoms with Crippen molar-refractivity contribution >= 4 is 15.7 Å². The van der Waals surface area contributed by atoms with Gasteiger partial charge >= 0.3 is 0 Å². The molecular weight excluding hydrogens is 228 g/mol. The number of nitriles is 1. The SMILES string of the molecule is CC(C(=O)N(CCC#N)C1CC1)S(C)(=O)=O. The van der Waals surface area contributed by atoms with Gasteiger partial charge in [-0.25, -0.2) is 8.42 Å². The summed E-state index contributed by atoms with van der Waals surface area (Å²) in [5.74, 6) is -0.375. The number of carbonyl (C=O) groups is 1. The van der Waals surface area contributed by atoms with Gasteiger partial charge in [0.1, 0.15) is 5.25 Å². The lowest BCUT2D eigenvalue weighted by Gasteiger charge is -2.23. The summed E-state index contributed by atoms with van der Waals surface area (Å²) in [4.78, 5) is 13.5. The number of nitrogens with zero attached hydrogens (tertiary/aromatic N) is 2. The summed E-state index contributed by atoms with van der Waals surface area (Å²) in [5, 5.41) is 7.48. The standard InChI is InChI=1S/C10H16N2O3S/c1-8(16(2,14)15)10(13)12(7-3-6-11)9-4-5-9/h8-9H,3-5,7H2,1-2H3. The third-order valence-corrected chi connectivity index (χ3v) is 4.21. The Morgan fingerprint density at radius 2 is 2.12 bits per heavy atom. The van der Waals surface area contributed by atoms with Gasteiger partial charge in [0.25, 0.3) is 0 Å². The molecule has 0 N–H and O–H groups in total. The molecule has 1 rings (SSSR count). The van der Waals surface area contributed by atoms with Crippen LogP contribution in [0.25, 0.3) is 0 Å². The van der Waals surface area contributed by atoms with Crippen molar-refractivity contribution in [2.75, 3.05) is 12.8 Å². The highest BCUT2D eigenvalue weighted by atomic mass is 32.2. The number of carbonyl (C=O) groups excluding carboxylic acids is 1. The van der Waals surface area contributed by atoms with E-state index in [1.54, 1.807) is 0 Å². The maximum atomic E-state index is 11.9. The molecule has 16 heavy (non-hydrogen) atoms. The molecule has 0 aromatic heterocycles. The van der Waals surface area contributed by atoms with Gasteiger partial charge in [-0.3, -0.25) is 4.79 Å². The Hall–Kier alpha value is -1.09. The van der Waals surface area contributed by atoms with E-state index in [1.807, 2.05) is 6.07 Å². The van der Waals surface area contributed by atoms with Crippen LogP contribution in [0.3, 0.4) is 0 Å². The number of sulfone groups is 1. The van der Waals surface area contributed by atoms with E-state index >= 15 is 0 Å². The Bertz CT molecular complexity index is 406. The highest BCUT2D eigenvalue weighted by Crippen LogP contribution is 2.28. The van der Waals surface area contributed by atoms with Crippen LogP contribution < -0.4 is 0 Å². The fourth-order valence-corrected chi connectivity index (χ4v) is 1.95. The van der Waals surface area contributed by atoms with Gasteiger partial charge in [0.15, 0.2) is 9.84 Å². The highest BCUT2D eigenvalue weighted by Gasteiger charge is 2.36.